The Hall–Kier alpha value is -1.80. The van der Waals surface area contributed by atoms with Crippen molar-refractivity contribution in [1.82, 2.24) is 5.32 Å². The molecule has 0 aliphatic carbocycles. The summed E-state index contributed by atoms with van der Waals surface area (Å²) in [6.07, 6.45) is 2.17. The lowest BCUT2D eigenvalue weighted by Gasteiger charge is -2.17. The van der Waals surface area contributed by atoms with E-state index < -0.39 is 0 Å². The lowest BCUT2D eigenvalue weighted by molar-refractivity contribution is 0.340. The molecule has 0 saturated heterocycles. The van der Waals surface area contributed by atoms with Gasteiger partial charge in [-0.25, -0.2) is 0 Å². The molecule has 2 heteroatoms. The third-order valence-corrected chi connectivity index (χ3v) is 3.51. The summed E-state index contributed by atoms with van der Waals surface area (Å²) in [4.78, 5) is 0. The lowest BCUT2D eigenvalue weighted by atomic mass is 9.99. The van der Waals surface area contributed by atoms with Crippen molar-refractivity contribution in [2.45, 2.75) is 25.8 Å². The summed E-state index contributed by atoms with van der Waals surface area (Å²) in [6.45, 7) is 2.72. The Morgan fingerprint density at radius 2 is 1.70 bits per heavy atom. The van der Waals surface area contributed by atoms with Crippen LogP contribution in [0.1, 0.15) is 30.5 Å². The van der Waals surface area contributed by atoms with Crippen molar-refractivity contribution in [1.29, 1.82) is 0 Å². The van der Waals surface area contributed by atoms with Gasteiger partial charge in [-0.05, 0) is 50.1 Å². The first-order chi connectivity index (χ1) is 9.83. The van der Waals surface area contributed by atoms with Crippen LogP contribution in [-0.4, -0.2) is 13.7 Å². The second-order valence-electron chi connectivity index (χ2n) is 4.87. The van der Waals surface area contributed by atoms with Crippen LogP contribution in [0.2, 0.25) is 0 Å². The Morgan fingerprint density at radius 1 is 1.00 bits per heavy atom. The minimum atomic E-state index is 0.380. The molecule has 0 aromatic heterocycles. The molecule has 0 amide bonds. The molecule has 0 aliphatic heterocycles. The molecule has 1 unspecified atom stereocenters. The van der Waals surface area contributed by atoms with E-state index in [4.69, 9.17) is 4.74 Å². The molecule has 2 nitrogen and oxygen atoms in total. The van der Waals surface area contributed by atoms with Gasteiger partial charge in [0.25, 0.3) is 0 Å². The minimum absolute atomic E-state index is 0.380. The van der Waals surface area contributed by atoms with Crippen LogP contribution in [-0.2, 0) is 6.42 Å². The van der Waals surface area contributed by atoms with Gasteiger partial charge in [-0.2, -0.15) is 0 Å². The monoisotopic (exact) mass is 269 g/mol. The molecule has 0 bridgehead atoms. The fourth-order valence-corrected chi connectivity index (χ4v) is 2.40. The number of hydrogen-bond acceptors (Lipinski definition) is 2. The zero-order valence-corrected chi connectivity index (χ0v) is 12.3. The quantitative estimate of drug-likeness (QED) is 0.821. The van der Waals surface area contributed by atoms with Gasteiger partial charge in [0.15, 0.2) is 0 Å². The summed E-state index contributed by atoms with van der Waals surface area (Å²) in [6, 6.07) is 19.4. The first-order valence-electron chi connectivity index (χ1n) is 7.27. The van der Waals surface area contributed by atoms with E-state index in [9.17, 15) is 0 Å². The van der Waals surface area contributed by atoms with E-state index in [-0.39, 0.29) is 0 Å². The van der Waals surface area contributed by atoms with Gasteiger partial charge in [-0.15, -0.1) is 0 Å². The normalized spacial score (nSPS) is 12.1. The average molecular weight is 269 g/mol. The van der Waals surface area contributed by atoms with Crippen LogP contribution in [0.3, 0.4) is 0 Å². The van der Waals surface area contributed by atoms with Crippen LogP contribution in [0.4, 0.5) is 0 Å². The predicted octanol–water partition coefficient (Wildman–Crippen LogP) is 3.98. The van der Waals surface area contributed by atoms with Crippen molar-refractivity contribution in [2.24, 2.45) is 0 Å². The van der Waals surface area contributed by atoms with Gasteiger partial charge in [-0.3, -0.25) is 0 Å². The second-order valence-corrected chi connectivity index (χ2v) is 4.87. The van der Waals surface area contributed by atoms with Gasteiger partial charge in [0.1, 0.15) is 5.75 Å². The highest BCUT2D eigenvalue weighted by atomic mass is 16.5. The molecule has 0 spiro atoms. The van der Waals surface area contributed by atoms with Crippen molar-refractivity contribution in [3.63, 3.8) is 0 Å². The first kappa shape index (κ1) is 14.6. The molecule has 2 aromatic carbocycles. The van der Waals surface area contributed by atoms with Crippen LogP contribution in [0.15, 0.2) is 54.6 Å². The number of nitrogens with one attached hydrogen (secondary N) is 1. The summed E-state index contributed by atoms with van der Waals surface area (Å²) in [7, 11) is 2.02. The van der Waals surface area contributed by atoms with Crippen molar-refractivity contribution in [3.8, 4) is 5.75 Å². The number of ether oxygens (including phenoxy) is 1. The molecule has 2 rings (SSSR count). The van der Waals surface area contributed by atoms with Gasteiger partial charge >= 0.3 is 0 Å². The molecule has 0 radical (unpaired) electrons. The minimum Gasteiger partial charge on any atom is -0.494 e. The van der Waals surface area contributed by atoms with Gasteiger partial charge < -0.3 is 10.1 Å². The van der Waals surface area contributed by atoms with E-state index in [1.807, 2.05) is 26.1 Å². The fourth-order valence-electron chi connectivity index (χ4n) is 2.40. The predicted molar refractivity (Wildman–Crippen MR) is 84.2 cm³/mol. The molecule has 1 N–H and O–H groups in total. The largest absolute Gasteiger partial charge is 0.494 e. The summed E-state index contributed by atoms with van der Waals surface area (Å²) in [5.74, 6) is 0.939. The number of benzene rings is 2. The van der Waals surface area contributed by atoms with Crippen LogP contribution in [0.25, 0.3) is 0 Å². The average Bonchev–Trinajstić information content (AvgIpc) is 2.51. The maximum absolute atomic E-state index is 5.48. The van der Waals surface area contributed by atoms with E-state index in [1.165, 1.54) is 11.1 Å². The highest BCUT2D eigenvalue weighted by Crippen LogP contribution is 2.21. The third kappa shape index (κ3) is 4.10. The van der Waals surface area contributed by atoms with E-state index in [1.54, 1.807) is 0 Å². The van der Waals surface area contributed by atoms with E-state index in [0.717, 1.165) is 18.6 Å². The lowest BCUT2D eigenvalue weighted by Crippen LogP contribution is -2.17. The Kier molecular flexibility index (Phi) is 5.63. The molecule has 2 aromatic rings. The SMILES string of the molecule is CCOc1ccc(C(CCc2ccccc2)NC)cc1. The van der Waals surface area contributed by atoms with Crippen molar-refractivity contribution < 1.29 is 4.74 Å². The second kappa shape index (κ2) is 7.71. The number of rotatable bonds is 7. The maximum Gasteiger partial charge on any atom is 0.119 e. The van der Waals surface area contributed by atoms with Crippen molar-refractivity contribution in [3.05, 3.63) is 65.7 Å². The zero-order chi connectivity index (χ0) is 14.2. The van der Waals surface area contributed by atoms with Crippen LogP contribution < -0.4 is 10.1 Å². The Balaban J connectivity index is 1.97. The highest BCUT2D eigenvalue weighted by Gasteiger charge is 2.09. The molecular formula is C18H23NO. The standard InChI is InChI=1S/C18H23NO/c1-3-20-17-12-10-16(11-13-17)18(19-2)14-9-15-7-5-4-6-8-15/h4-8,10-13,18-19H,3,9,14H2,1-2H3. The fraction of sp³-hybridized carbons (Fsp3) is 0.333. The van der Waals surface area contributed by atoms with Gasteiger partial charge in [0.2, 0.25) is 0 Å². The summed E-state index contributed by atoms with van der Waals surface area (Å²) in [5.41, 5.74) is 2.70. The molecule has 20 heavy (non-hydrogen) atoms. The highest BCUT2D eigenvalue weighted by molar-refractivity contribution is 5.29. The van der Waals surface area contributed by atoms with Crippen LogP contribution in [0, 0.1) is 0 Å². The van der Waals surface area contributed by atoms with Gasteiger partial charge in [0.05, 0.1) is 6.61 Å². The van der Waals surface area contributed by atoms with Crippen molar-refractivity contribution >= 4 is 0 Å². The van der Waals surface area contributed by atoms with E-state index in [2.05, 4.69) is 47.8 Å². The number of hydrogen-bond donors (Lipinski definition) is 1. The van der Waals surface area contributed by atoms with Crippen LogP contribution >= 0.6 is 0 Å². The topological polar surface area (TPSA) is 21.3 Å². The Bertz CT molecular complexity index is 493. The summed E-state index contributed by atoms with van der Waals surface area (Å²) >= 11 is 0. The number of aryl methyl sites for hydroxylation is 1. The first-order valence-corrected chi connectivity index (χ1v) is 7.27. The molecule has 0 heterocycles. The van der Waals surface area contributed by atoms with Gasteiger partial charge in [-0.1, -0.05) is 42.5 Å². The summed E-state index contributed by atoms with van der Waals surface area (Å²) in [5, 5.41) is 3.40. The molecule has 106 valence electrons. The smallest absolute Gasteiger partial charge is 0.119 e. The Morgan fingerprint density at radius 3 is 2.30 bits per heavy atom. The maximum atomic E-state index is 5.48. The van der Waals surface area contributed by atoms with E-state index in [0.29, 0.717) is 12.6 Å². The van der Waals surface area contributed by atoms with Crippen molar-refractivity contribution in [2.75, 3.05) is 13.7 Å². The zero-order valence-electron chi connectivity index (χ0n) is 12.3. The molecule has 1 atom stereocenters. The third-order valence-electron chi connectivity index (χ3n) is 3.51. The van der Waals surface area contributed by atoms with Crippen LogP contribution in [0.5, 0.6) is 5.75 Å². The molecule has 0 fully saturated rings. The molecule has 0 saturated carbocycles. The molecular weight excluding hydrogens is 246 g/mol. The molecule has 0 aliphatic rings. The van der Waals surface area contributed by atoms with Gasteiger partial charge in [0, 0.05) is 6.04 Å². The summed E-state index contributed by atoms with van der Waals surface area (Å²) < 4.78 is 5.48. The van der Waals surface area contributed by atoms with E-state index >= 15 is 0 Å². The Labute approximate surface area is 121 Å².